The number of nitrogens with zero attached hydrogens (tertiary/aromatic N) is 1. The summed E-state index contributed by atoms with van der Waals surface area (Å²) in [5, 5.41) is 0. The van der Waals surface area contributed by atoms with Gasteiger partial charge in [0.25, 0.3) is 0 Å². The lowest BCUT2D eigenvalue weighted by Crippen LogP contribution is -2.71. The fourth-order valence-electron chi connectivity index (χ4n) is 4.24. The molecule has 112 valence electrons. The Balaban J connectivity index is 2.42. The second kappa shape index (κ2) is 4.42. The lowest BCUT2D eigenvalue weighted by molar-refractivity contribution is -0.154. The molecule has 0 spiro atoms. The Morgan fingerprint density at radius 3 is 2.16 bits per heavy atom. The van der Waals surface area contributed by atoms with Crippen LogP contribution < -0.4 is 5.73 Å². The van der Waals surface area contributed by atoms with Crippen LogP contribution in [0.2, 0.25) is 0 Å². The van der Waals surface area contributed by atoms with Crippen LogP contribution in [0.1, 0.15) is 48.0 Å². The predicted molar refractivity (Wildman–Crippen MR) is 77.2 cm³/mol. The molecule has 0 aliphatic carbocycles. The van der Waals surface area contributed by atoms with Crippen molar-refractivity contribution in [2.75, 3.05) is 26.3 Å². The van der Waals surface area contributed by atoms with Gasteiger partial charge in [-0.25, -0.2) is 0 Å². The van der Waals surface area contributed by atoms with Crippen molar-refractivity contribution in [2.45, 2.75) is 70.2 Å². The van der Waals surface area contributed by atoms with Gasteiger partial charge in [0, 0.05) is 18.6 Å². The normalized spacial score (nSPS) is 37.4. The number of ether oxygens (including phenoxy) is 2. The van der Waals surface area contributed by atoms with E-state index in [4.69, 9.17) is 15.2 Å². The highest BCUT2D eigenvalue weighted by atomic mass is 16.5. The summed E-state index contributed by atoms with van der Waals surface area (Å²) in [6, 6.07) is 0. The van der Waals surface area contributed by atoms with Gasteiger partial charge in [-0.1, -0.05) is 0 Å². The molecule has 0 aromatic carbocycles. The lowest BCUT2D eigenvalue weighted by Gasteiger charge is -2.56. The van der Waals surface area contributed by atoms with E-state index in [0.29, 0.717) is 6.54 Å². The molecule has 1 atom stereocenters. The number of hydrogen-bond acceptors (Lipinski definition) is 4. The molecule has 0 aromatic heterocycles. The average molecular weight is 270 g/mol. The smallest absolute Gasteiger partial charge is 0.0830 e. The lowest BCUT2D eigenvalue weighted by atomic mass is 9.75. The molecule has 2 aliphatic rings. The minimum Gasteiger partial charge on any atom is -0.378 e. The van der Waals surface area contributed by atoms with Crippen molar-refractivity contribution in [3.05, 3.63) is 0 Å². The first-order chi connectivity index (χ1) is 8.56. The van der Waals surface area contributed by atoms with Crippen LogP contribution >= 0.6 is 0 Å². The number of rotatable bonds is 2. The van der Waals surface area contributed by atoms with Gasteiger partial charge in [-0.2, -0.15) is 0 Å². The van der Waals surface area contributed by atoms with Crippen molar-refractivity contribution in [2.24, 2.45) is 5.73 Å². The zero-order valence-electron chi connectivity index (χ0n) is 13.4. The van der Waals surface area contributed by atoms with Gasteiger partial charge in [-0.15, -0.1) is 0 Å². The average Bonchev–Trinajstić information content (AvgIpc) is 2.43. The van der Waals surface area contributed by atoms with Crippen molar-refractivity contribution in [1.29, 1.82) is 0 Å². The quantitative estimate of drug-likeness (QED) is 0.831. The monoisotopic (exact) mass is 270 g/mol. The largest absolute Gasteiger partial charge is 0.378 e. The topological polar surface area (TPSA) is 47.7 Å². The van der Waals surface area contributed by atoms with Crippen LogP contribution in [0.5, 0.6) is 0 Å². The molecular weight excluding hydrogens is 240 g/mol. The summed E-state index contributed by atoms with van der Waals surface area (Å²) >= 11 is 0. The third kappa shape index (κ3) is 2.33. The first kappa shape index (κ1) is 15.2. The van der Waals surface area contributed by atoms with Crippen LogP contribution in [0.15, 0.2) is 0 Å². The zero-order chi connectivity index (χ0) is 14.5. The first-order valence-electron chi connectivity index (χ1n) is 7.32. The van der Waals surface area contributed by atoms with Gasteiger partial charge in [0.05, 0.1) is 30.0 Å². The molecule has 0 saturated carbocycles. The molecule has 2 aliphatic heterocycles. The maximum Gasteiger partial charge on any atom is 0.0830 e. The molecule has 1 unspecified atom stereocenters. The van der Waals surface area contributed by atoms with E-state index in [2.05, 4.69) is 46.4 Å². The van der Waals surface area contributed by atoms with Crippen LogP contribution in [-0.2, 0) is 9.47 Å². The first-order valence-corrected chi connectivity index (χ1v) is 7.32. The summed E-state index contributed by atoms with van der Waals surface area (Å²) in [6.07, 6.45) is 0.965. The van der Waals surface area contributed by atoms with Crippen molar-refractivity contribution in [3.63, 3.8) is 0 Å². The summed E-state index contributed by atoms with van der Waals surface area (Å²) < 4.78 is 12.0. The van der Waals surface area contributed by atoms with E-state index in [1.54, 1.807) is 0 Å². The number of hydrogen-bond donors (Lipinski definition) is 1. The second-order valence-corrected chi connectivity index (χ2v) is 7.80. The molecule has 2 saturated heterocycles. The second-order valence-electron chi connectivity index (χ2n) is 7.80. The number of nitrogens with two attached hydrogens (primary N) is 1. The van der Waals surface area contributed by atoms with Crippen LogP contribution in [0.25, 0.3) is 0 Å². The highest BCUT2D eigenvalue weighted by molar-refractivity contribution is 5.16. The minimum absolute atomic E-state index is 0.00132. The summed E-state index contributed by atoms with van der Waals surface area (Å²) in [5.41, 5.74) is 5.75. The summed E-state index contributed by atoms with van der Waals surface area (Å²) in [7, 11) is 0. The van der Waals surface area contributed by atoms with E-state index in [1.165, 1.54) is 0 Å². The maximum atomic E-state index is 6.33. The van der Waals surface area contributed by atoms with Gasteiger partial charge in [0.2, 0.25) is 0 Å². The fraction of sp³-hybridized carbons (Fsp3) is 1.00. The Morgan fingerprint density at radius 1 is 1.11 bits per heavy atom. The molecule has 0 aromatic rings. The van der Waals surface area contributed by atoms with Gasteiger partial charge in [0.1, 0.15) is 0 Å². The van der Waals surface area contributed by atoms with Crippen molar-refractivity contribution in [3.8, 4) is 0 Å². The third-order valence-corrected chi connectivity index (χ3v) is 4.87. The number of morpholine rings is 1. The van der Waals surface area contributed by atoms with Gasteiger partial charge in [0.15, 0.2) is 0 Å². The molecule has 4 heteroatoms. The molecule has 4 nitrogen and oxygen atoms in total. The fourth-order valence-corrected chi connectivity index (χ4v) is 4.24. The Kier molecular flexibility index (Phi) is 3.54. The van der Waals surface area contributed by atoms with E-state index in [0.717, 1.165) is 26.2 Å². The summed E-state index contributed by atoms with van der Waals surface area (Å²) in [5.74, 6) is 0. The van der Waals surface area contributed by atoms with E-state index in [9.17, 15) is 0 Å². The van der Waals surface area contributed by atoms with Gasteiger partial charge < -0.3 is 15.2 Å². The predicted octanol–water partition coefficient (Wildman–Crippen LogP) is 1.77. The molecule has 0 radical (unpaired) electrons. The molecule has 0 bridgehead atoms. The van der Waals surface area contributed by atoms with Crippen molar-refractivity contribution >= 4 is 0 Å². The van der Waals surface area contributed by atoms with Crippen molar-refractivity contribution in [1.82, 2.24) is 4.90 Å². The molecule has 2 N–H and O–H groups in total. The van der Waals surface area contributed by atoms with Crippen LogP contribution in [0.4, 0.5) is 0 Å². The standard InChI is InChI=1S/C15H30N2O2/c1-12(2)11-18-8-7-17(12)15(10-16)9-13(3,4)19-14(15,5)6/h7-11,16H2,1-6H3. The molecule has 0 amide bonds. The van der Waals surface area contributed by atoms with Gasteiger partial charge in [-0.3, -0.25) is 4.90 Å². The van der Waals surface area contributed by atoms with Crippen molar-refractivity contribution < 1.29 is 9.47 Å². The Morgan fingerprint density at radius 2 is 1.74 bits per heavy atom. The maximum absolute atomic E-state index is 6.33. The highest BCUT2D eigenvalue weighted by Gasteiger charge is 2.61. The molecule has 19 heavy (non-hydrogen) atoms. The third-order valence-electron chi connectivity index (χ3n) is 4.87. The highest BCUT2D eigenvalue weighted by Crippen LogP contribution is 2.50. The Hall–Kier alpha value is -0.160. The Labute approximate surface area is 117 Å². The SMILES string of the molecule is CC1(C)CC(CN)(N2CCOCC2(C)C)C(C)(C)O1. The molecule has 2 fully saturated rings. The molecule has 2 heterocycles. The minimum atomic E-state index is -0.250. The van der Waals surface area contributed by atoms with E-state index in [-0.39, 0.29) is 22.3 Å². The van der Waals surface area contributed by atoms with E-state index >= 15 is 0 Å². The molecule has 2 rings (SSSR count). The van der Waals surface area contributed by atoms with Crippen LogP contribution in [-0.4, -0.2) is 53.5 Å². The zero-order valence-corrected chi connectivity index (χ0v) is 13.4. The van der Waals surface area contributed by atoms with Gasteiger partial charge >= 0.3 is 0 Å². The van der Waals surface area contributed by atoms with E-state index < -0.39 is 0 Å². The Bertz CT molecular complexity index is 352. The summed E-state index contributed by atoms with van der Waals surface area (Å²) in [6.45, 7) is 16.3. The van der Waals surface area contributed by atoms with E-state index in [1.807, 2.05) is 0 Å². The van der Waals surface area contributed by atoms with Crippen LogP contribution in [0.3, 0.4) is 0 Å². The van der Waals surface area contributed by atoms with Gasteiger partial charge in [-0.05, 0) is 48.0 Å². The summed E-state index contributed by atoms with van der Waals surface area (Å²) in [4.78, 5) is 2.54. The molecular formula is C15H30N2O2. The van der Waals surface area contributed by atoms with Crippen LogP contribution in [0, 0.1) is 0 Å².